The number of anilines is 1. The number of nitrogens with two attached hydrogens (primary N) is 1. The summed E-state index contributed by atoms with van der Waals surface area (Å²) in [6.07, 6.45) is 0.514. The molecular weight excluding hydrogens is 290 g/mol. The molecule has 1 atom stereocenters. The van der Waals surface area contributed by atoms with Crippen molar-refractivity contribution < 1.29 is 13.2 Å². The number of sulfonamides is 1. The zero-order valence-electron chi connectivity index (χ0n) is 10.7. The van der Waals surface area contributed by atoms with Crippen LogP contribution in [0.3, 0.4) is 0 Å². The maximum atomic E-state index is 11.6. The molecule has 0 aliphatic rings. The second-order valence-corrected chi connectivity index (χ2v) is 5.63. The predicted octanol–water partition coefficient (Wildman–Crippen LogP) is 0.692. The number of carbonyl (C=O) groups is 1. The van der Waals surface area contributed by atoms with Crippen LogP contribution in [0.5, 0.6) is 0 Å². The first-order valence-corrected chi connectivity index (χ1v) is 6.99. The van der Waals surface area contributed by atoms with Crippen LogP contribution in [0.1, 0.15) is 13.3 Å². The molecule has 19 heavy (non-hydrogen) atoms. The molecule has 0 unspecified atom stereocenters. The maximum Gasteiger partial charge on any atom is 0.241 e. The smallest absolute Gasteiger partial charge is 0.241 e. The summed E-state index contributed by atoms with van der Waals surface area (Å²) in [6.45, 7) is 1.80. The zero-order chi connectivity index (χ0) is 13.8. The van der Waals surface area contributed by atoms with Gasteiger partial charge in [0.1, 0.15) is 0 Å². The van der Waals surface area contributed by atoms with E-state index < -0.39 is 16.1 Å². The number of hydrogen-bond donors (Lipinski definition) is 3. The molecule has 0 saturated carbocycles. The molecule has 0 saturated heterocycles. The third-order valence-corrected chi connectivity index (χ3v) is 3.87. The number of rotatable bonds is 5. The largest absolute Gasteiger partial charge is 0.325 e. The van der Waals surface area contributed by atoms with Crippen molar-refractivity contribution in [1.82, 2.24) is 4.72 Å². The van der Waals surface area contributed by atoms with E-state index >= 15 is 0 Å². The van der Waals surface area contributed by atoms with E-state index in [-0.39, 0.29) is 23.2 Å². The van der Waals surface area contributed by atoms with Gasteiger partial charge in [-0.05, 0) is 31.7 Å². The fourth-order valence-electron chi connectivity index (χ4n) is 1.28. The second kappa shape index (κ2) is 7.44. The van der Waals surface area contributed by atoms with E-state index in [0.29, 0.717) is 12.1 Å². The highest BCUT2D eigenvalue weighted by Crippen LogP contribution is 2.15. The van der Waals surface area contributed by atoms with Crippen LogP contribution in [-0.4, -0.2) is 27.4 Å². The molecule has 0 heterocycles. The molecule has 1 rings (SSSR count). The van der Waals surface area contributed by atoms with E-state index in [1.54, 1.807) is 19.1 Å². The topological polar surface area (TPSA) is 101 Å². The van der Waals surface area contributed by atoms with Crippen molar-refractivity contribution in [2.45, 2.75) is 24.3 Å². The number of benzene rings is 1. The van der Waals surface area contributed by atoms with Crippen LogP contribution in [0, 0.1) is 0 Å². The van der Waals surface area contributed by atoms with Gasteiger partial charge in [0.2, 0.25) is 15.9 Å². The van der Waals surface area contributed by atoms with Gasteiger partial charge in [-0.2, -0.15) is 0 Å². The molecule has 1 aromatic rings. The molecule has 108 valence electrons. The lowest BCUT2D eigenvalue weighted by molar-refractivity contribution is -0.117. The van der Waals surface area contributed by atoms with E-state index in [0.717, 1.165) is 0 Å². The minimum Gasteiger partial charge on any atom is -0.325 e. The Hall–Kier alpha value is -1.15. The lowest BCUT2D eigenvalue weighted by Gasteiger charge is -2.11. The molecule has 0 radical (unpaired) electrons. The third-order valence-electron chi connectivity index (χ3n) is 2.46. The van der Waals surface area contributed by atoms with Crippen LogP contribution >= 0.6 is 12.4 Å². The van der Waals surface area contributed by atoms with Crippen LogP contribution < -0.4 is 15.8 Å². The normalized spacial score (nSPS) is 12.4. The maximum absolute atomic E-state index is 11.6. The van der Waals surface area contributed by atoms with Gasteiger partial charge in [0.15, 0.2) is 0 Å². The minimum absolute atomic E-state index is 0. The van der Waals surface area contributed by atoms with Crippen molar-refractivity contribution >= 4 is 34.0 Å². The fourth-order valence-corrected chi connectivity index (χ4v) is 2.05. The summed E-state index contributed by atoms with van der Waals surface area (Å²) >= 11 is 0. The highest BCUT2D eigenvalue weighted by Gasteiger charge is 2.14. The van der Waals surface area contributed by atoms with E-state index in [1.807, 2.05) is 0 Å². The predicted molar refractivity (Wildman–Crippen MR) is 76.8 cm³/mol. The quantitative estimate of drug-likeness (QED) is 0.745. The third kappa shape index (κ3) is 4.79. The summed E-state index contributed by atoms with van der Waals surface area (Å²) in [5.41, 5.74) is 5.97. The molecule has 8 heteroatoms. The molecule has 0 spiro atoms. The van der Waals surface area contributed by atoms with Gasteiger partial charge < -0.3 is 11.1 Å². The highest BCUT2D eigenvalue weighted by molar-refractivity contribution is 7.89. The van der Waals surface area contributed by atoms with Crippen molar-refractivity contribution in [1.29, 1.82) is 0 Å². The van der Waals surface area contributed by atoms with E-state index in [4.69, 9.17) is 5.73 Å². The lowest BCUT2D eigenvalue weighted by Crippen LogP contribution is -2.34. The first-order valence-electron chi connectivity index (χ1n) is 5.50. The van der Waals surface area contributed by atoms with Gasteiger partial charge >= 0.3 is 0 Å². The Bertz CT molecular complexity index is 534. The summed E-state index contributed by atoms with van der Waals surface area (Å²) < 4.78 is 25.4. The zero-order valence-corrected chi connectivity index (χ0v) is 12.3. The number of nitrogens with one attached hydrogen (secondary N) is 2. The Morgan fingerprint density at radius 3 is 2.58 bits per heavy atom. The van der Waals surface area contributed by atoms with Crippen LogP contribution in [0.4, 0.5) is 5.69 Å². The standard InChI is InChI=1S/C11H17N3O3S.ClH/c1-3-10(12)11(15)14-8-5-4-6-9(7-8)18(16,17)13-2;/h4-7,10,13H,3,12H2,1-2H3,(H,14,15);1H/t10-;/m0./s1. The summed E-state index contributed by atoms with van der Waals surface area (Å²) in [5, 5.41) is 2.57. The molecule has 0 aliphatic carbocycles. The Morgan fingerprint density at radius 2 is 2.05 bits per heavy atom. The average Bonchev–Trinajstić information content (AvgIpc) is 2.38. The van der Waals surface area contributed by atoms with Crippen molar-refractivity contribution in [2.24, 2.45) is 5.73 Å². The Kier molecular flexibility index (Phi) is 6.99. The number of carbonyl (C=O) groups excluding carboxylic acids is 1. The van der Waals surface area contributed by atoms with E-state index in [1.165, 1.54) is 19.2 Å². The minimum atomic E-state index is -3.51. The Labute approximate surface area is 119 Å². The van der Waals surface area contributed by atoms with E-state index in [2.05, 4.69) is 10.0 Å². The van der Waals surface area contributed by atoms with Crippen LogP contribution in [-0.2, 0) is 14.8 Å². The van der Waals surface area contributed by atoms with Gasteiger partial charge in [0.05, 0.1) is 10.9 Å². The number of amides is 1. The summed E-state index contributed by atoms with van der Waals surface area (Å²) in [7, 11) is -2.19. The van der Waals surface area contributed by atoms with Gasteiger partial charge in [-0.1, -0.05) is 13.0 Å². The van der Waals surface area contributed by atoms with Crippen molar-refractivity contribution in [3.8, 4) is 0 Å². The average molecular weight is 308 g/mol. The number of hydrogen-bond acceptors (Lipinski definition) is 4. The van der Waals surface area contributed by atoms with Gasteiger partial charge in [0.25, 0.3) is 0 Å². The van der Waals surface area contributed by atoms with Gasteiger partial charge in [-0.3, -0.25) is 4.79 Å². The van der Waals surface area contributed by atoms with Crippen LogP contribution in [0.25, 0.3) is 0 Å². The molecule has 0 bridgehead atoms. The molecule has 0 fully saturated rings. The molecule has 0 aliphatic heterocycles. The highest BCUT2D eigenvalue weighted by atomic mass is 35.5. The molecule has 0 aromatic heterocycles. The number of halogens is 1. The Balaban J connectivity index is 0.00000324. The van der Waals surface area contributed by atoms with Crippen molar-refractivity contribution in [3.63, 3.8) is 0 Å². The fraction of sp³-hybridized carbons (Fsp3) is 0.364. The second-order valence-electron chi connectivity index (χ2n) is 3.74. The summed E-state index contributed by atoms with van der Waals surface area (Å²) in [6, 6.07) is 5.38. The van der Waals surface area contributed by atoms with E-state index in [9.17, 15) is 13.2 Å². The summed E-state index contributed by atoms with van der Waals surface area (Å²) in [5.74, 6) is -0.337. The van der Waals surface area contributed by atoms with Crippen LogP contribution in [0.2, 0.25) is 0 Å². The molecular formula is C11H18ClN3O3S. The summed E-state index contributed by atoms with van der Waals surface area (Å²) in [4.78, 5) is 11.7. The van der Waals surface area contributed by atoms with Gasteiger partial charge in [0, 0.05) is 5.69 Å². The SMILES string of the molecule is CC[C@H](N)C(=O)Nc1cccc(S(=O)(=O)NC)c1.Cl. The molecule has 1 amide bonds. The molecule has 6 nitrogen and oxygen atoms in total. The molecule has 4 N–H and O–H groups in total. The Morgan fingerprint density at radius 1 is 1.42 bits per heavy atom. The first-order chi connectivity index (χ1) is 8.40. The van der Waals surface area contributed by atoms with Crippen molar-refractivity contribution in [3.05, 3.63) is 24.3 Å². The van der Waals surface area contributed by atoms with Gasteiger partial charge in [-0.25, -0.2) is 13.1 Å². The lowest BCUT2D eigenvalue weighted by atomic mass is 10.2. The van der Waals surface area contributed by atoms with Gasteiger partial charge in [-0.15, -0.1) is 12.4 Å². The molecule has 1 aromatic carbocycles. The monoisotopic (exact) mass is 307 g/mol. The van der Waals surface area contributed by atoms with Crippen LogP contribution in [0.15, 0.2) is 29.2 Å². The first kappa shape index (κ1) is 17.8. The van der Waals surface area contributed by atoms with Crippen molar-refractivity contribution in [2.75, 3.05) is 12.4 Å².